The van der Waals surface area contributed by atoms with Gasteiger partial charge in [-0.15, -0.1) is 0 Å². The second-order valence-corrected chi connectivity index (χ2v) is 11.1. The Morgan fingerprint density at radius 3 is 0.667 bits per heavy atom. The molecule has 0 radical (unpaired) electrons. The Labute approximate surface area is 297 Å². The van der Waals surface area contributed by atoms with Crippen molar-refractivity contribution in [2.24, 2.45) is 0 Å². The van der Waals surface area contributed by atoms with Crippen LogP contribution in [0.2, 0.25) is 0 Å². The summed E-state index contributed by atoms with van der Waals surface area (Å²) in [6.07, 6.45) is 0. The summed E-state index contributed by atoms with van der Waals surface area (Å²) in [6.45, 7) is 7.74. The zero-order valence-corrected chi connectivity index (χ0v) is 29.0. The van der Waals surface area contributed by atoms with E-state index in [4.69, 9.17) is 42.6 Å². The zero-order chi connectivity index (χ0) is 35.9. The van der Waals surface area contributed by atoms with Crippen molar-refractivity contribution in [3.05, 3.63) is 70.8 Å². The summed E-state index contributed by atoms with van der Waals surface area (Å²) >= 11 is 0. The third-order valence-electron chi connectivity index (χ3n) is 7.65. The molecule has 0 spiro atoms. The molecule has 0 bridgehead atoms. The summed E-state index contributed by atoms with van der Waals surface area (Å²) in [7, 11) is 0. The third-order valence-corrected chi connectivity index (χ3v) is 7.65. The number of hydrogen-bond donors (Lipinski definition) is 0. The minimum absolute atomic E-state index is 0.206. The summed E-state index contributed by atoms with van der Waals surface area (Å²) in [5.41, 5.74) is 1.74. The predicted molar refractivity (Wildman–Crippen MR) is 181 cm³/mol. The van der Waals surface area contributed by atoms with E-state index in [1.54, 1.807) is 48.5 Å². The topological polar surface area (TPSA) is 158 Å². The summed E-state index contributed by atoms with van der Waals surface area (Å²) in [4.78, 5) is 51.6. The normalized spacial score (nSPS) is 13.9. The standard InChI is InChI=1S/C36H48N2O13/c39-33-29-5-1-2-6-30(29)34(40)37(33)9-11-43-13-15-45-17-19-47-21-23-49-25-27-51-28-26-50-24-22-48-20-18-46-16-14-44-12-10-38-35(41)31-7-3-4-8-32(31)36(38)42/h1-8H,9-28H2. The fourth-order valence-corrected chi connectivity index (χ4v) is 5.06. The number of fused-ring (bicyclic) bond motifs is 2. The molecule has 15 heteroatoms. The van der Waals surface area contributed by atoms with Gasteiger partial charge in [0.05, 0.1) is 154 Å². The fraction of sp³-hybridized carbons (Fsp3) is 0.556. The molecule has 4 amide bonds. The van der Waals surface area contributed by atoms with E-state index in [9.17, 15) is 19.2 Å². The molecule has 0 N–H and O–H groups in total. The van der Waals surface area contributed by atoms with E-state index in [1.807, 2.05) is 0 Å². The lowest BCUT2D eigenvalue weighted by Gasteiger charge is -2.13. The number of nitrogens with zero attached hydrogens (tertiary/aromatic N) is 2. The molecule has 2 aliphatic heterocycles. The Morgan fingerprint density at radius 2 is 0.471 bits per heavy atom. The van der Waals surface area contributed by atoms with Gasteiger partial charge >= 0.3 is 0 Å². The Hall–Kier alpha value is -3.64. The van der Waals surface area contributed by atoms with E-state index in [0.717, 1.165) is 0 Å². The maximum absolute atomic E-state index is 12.3. The van der Waals surface area contributed by atoms with Gasteiger partial charge in [0.25, 0.3) is 23.6 Å². The van der Waals surface area contributed by atoms with Gasteiger partial charge in [-0.1, -0.05) is 24.3 Å². The molecular weight excluding hydrogens is 668 g/mol. The van der Waals surface area contributed by atoms with Crippen LogP contribution in [-0.2, 0) is 42.6 Å². The van der Waals surface area contributed by atoms with Crippen LogP contribution in [0.5, 0.6) is 0 Å². The lowest BCUT2D eigenvalue weighted by molar-refractivity contribution is -0.0252. The van der Waals surface area contributed by atoms with E-state index in [0.29, 0.717) is 128 Å². The van der Waals surface area contributed by atoms with Crippen LogP contribution in [0.25, 0.3) is 0 Å². The van der Waals surface area contributed by atoms with Crippen molar-refractivity contribution in [1.29, 1.82) is 0 Å². The average molecular weight is 717 g/mol. The molecule has 0 saturated heterocycles. The van der Waals surface area contributed by atoms with Crippen molar-refractivity contribution >= 4 is 23.6 Å². The second-order valence-electron chi connectivity index (χ2n) is 11.1. The van der Waals surface area contributed by atoms with Crippen molar-refractivity contribution in [1.82, 2.24) is 9.80 Å². The van der Waals surface area contributed by atoms with Crippen molar-refractivity contribution < 1.29 is 61.8 Å². The van der Waals surface area contributed by atoms with Crippen LogP contribution in [0.1, 0.15) is 41.4 Å². The first-order chi connectivity index (χ1) is 25.1. The van der Waals surface area contributed by atoms with E-state index in [2.05, 4.69) is 0 Å². The maximum Gasteiger partial charge on any atom is 0.261 e. The van der Waals surface area contributed by atoms with E-state index in [1.165, 1.54) is 9.80 Å². The van der Waals surface area contributed by atoms with E-state index in [-0.39, 0.29) is 49.9 Å². The molecule has 4 rings (SSSR count). The maximum atomic E-state index is 12.3. The highest BCUT2D eigenvalue weighted by molar-refractivity contribution is 6.22. The molecule has 0 aliphatic carbocycles. The number of amides is 4. The highest BCUT2D eigenvalue weighted by atomic mass is 16.6. The Kier molecular flexibility index (Phi) is 18.7. The minimum Gasteiger partial charge on any atom is -0.377 e. The molecule has 0 fully saturated rings. The summed E-state index contributed by atoms with van der Waals surface area (Å²) in [5, 5.41) is 0. The molecule has 0 atom stereocenters. The number of ether oxygens (including phenoxy) is 9. The Bertz CT molecular complexity index is 1200. The van der Waals surface area contributed by atoms with Crippen LogP contribution in [0, 0.1) is 0 Å². The number of imide groups is 2. The zero-order valence-electron chi connectivity index (χ0n) is 29.0. The van der Waals surface area contributed by atoms with Gasteiger partial charge in [-0.25, -0.2) is 0 Å². The second kappa shape index (κ2) is 23.8. The summed E-state index contributed by atoms with van der Waals surface area (Å²) in [5.74, 6) is -1.14. The van der Waals surface area contributed by atoms with Crippen LogP contribution in [0.15, 0.2) is 48.5 Å². The van der Waals surface area contributed by atoms with Gasteiger partial charge in [0.2, 0.25) is 0 Å². The SMILES string of the molecule is O=C1c2ccccc2C(=O)N1CCOCCOCCOCCOCCOCCOCCOCCOCCOCCN1C(=O)c2ccccc2C1=O. The van der Waals surface area contributed by atoms with Gasteiger partial charge in [-0.05, 0) is 24.3 Å². The number of benzene rings is 2. The van der Waals surface area contributed by atoms with Crippen LogP contribution >= 0.6 is 0 Å². The van der Waals surface area contributed by atoms with Gasteiger partial charge in [0.15, 0.2) is 0 Å². The van der Waals surface area contributed by atoms with Crippen LogP contribution in [0.4, 0.5) is 0 Å². The first-order valence-corrected chi connectivity index (χ1v) is 17.2. The summed E-state index contributed by atoms with van der Waals surface area (Å²) in [6, 6.07) is 13.6. The Morgan fingerprint density at radius 1 is 0.294 bits per heavy atom. The highest BCUT2D eigenvalue weighted by Crippen LogP contribution is 2.23. The molecule has 280 valence electrons. The third kappa shape index (κ3) is 13.4. The molecule has 15 nitrogen and oxygen atoms in total. The number of rotatable bonds is 30. The molecule has 2 aromatic rings. The molecule has 2 aliphatic rings. The van der Waals surface area contributed by atoms with Crippen molar-refractivity contribution in [3.8, 4) is 0 Å². The average Bonchev–Trinajstić information content (AvgIpc) is 3.54. The lowest BCUT2D eigenvalue weighted by Crippen LogP contribution is -2.33. The van der Waals surface area contributed by atoms with Gasteiger partial charge in [-0.3, -0.25) is 29.0 Å². The van der Waals surface area contributed by atoms with Gasteiger partial charge in [0.1, 0.15) is 0 Å². The quantitative estimate of drug-likeness (QED) is 0.0852. The molecular formula is C36H48N2O13. The monoisotopic (exact) mass is 716 g/mol. The van der Waals surface area contributed by atoms with Crippen molar-refractivity contribution in [2.45, 2.75) is 0 Å². The predicted octanol–water partition coefficient (Wildman–Crippen LogP) is 1.73. The number of carbonyl (C=O) groups excluding carboxylic acids is 4. The van der Waals surface area contributed by atoms with Crippen LogP contribution in [-0.4, -0.2) is 165 Å². The van der Waals surface area contributed by atoms with E-state index < -0.39 is 0 Å². The van der Waals surface area contributed by atoms with Gasteiger partial charge in [-0.2, -0.15) is 0 Å². The minimum atomic E-state index is -0.284. The molecule has 0 unspecified atom stereocenters. The van der Waals surface area contributed by atoms with Gasteiger partial charge in [0, 0.05) is 0 Å². The smallest absolute Gasteiger partial charge is 0.261 e. The highest BCUT2D eigenvalue weighted by Gasteiger charge is 2.35. The number of carbonyl (C=O) groups is 4. The first-order valence-electron chi connectivity index (χ1n) is 17.2. The molecule has 2 heterocycles. The van der Waals surface area contributed by atoms with Crippen molar-refractivity contribution in [3.63, 3.8) is 0 Å². The molecule has 51 heavy (non-hydrogen) atoms. The largest absolute Gasteiger partial charge is 0.377 e. The van der Waals surface area contributed by atoms with Gasteiger partial charge < -0.3 is 42.6 Å². The first kappa shape index (κ1) is 40.1. The Balaban J connectivity index is 0.793. The number of hydrogen-bond acceptors (Lipinski definition) is 13. The lowest BCUT2D eigenvalue weighted by atomic mass is 10.1. The van der Waals surface area contributed by atoms with Crippen molar-refractivity contribution in [2.75, 3.05) is 132 Å². The van der Waals surface area contributed by atoms with Crippen LogP contribution in [0.3, 0.4) is 0 Å². The van der Waals surface area contributed by atoms with Crippen LogP contribution < -0.4 is 0 Å². The molecule has 0 saturated carbocycles. The molecule has 0 aromatic heterocycles. The fourth-order valence-electron chi connectivity index (χ4n) is 5.06. The summed E-state index contributed by atoms with van der Waals surface area (Å²) < 4.78 is 49.3. The van der Waals surface area contributed by atoms with E-state index >= 15 is 0 Å². The molecule has 2 aromatic carbocycles.